The summed E-state index contributed by atoms with van der Waals surface area (Å²) in [5, 5.41) is 0. The number of amides is 1. The lowest BCUT2D eigenvalue weighted by molar-refractivity contribution is 0.00644. The molecule has 19 heavy (non-hydrogen) atoms. The van der Waals surface area contributed by atoms with Gasteiger partial charge >= 0.3 is 6.09 Å². The van der Waals surface area contributed by atoms with E-state index in [2.05, 4.69) is 0 Å². The van der Waals surface area contributed by atoms with Gasteiger partial charge in [-0.25, -0.2) is 4.79 Å². The largest absolute Gasteiger partial charge is 0.444 e. The second-order valence-electron chi connectivity index (χ2n) is 6.43. The first kappa shape index (κ1) is 14.6. The van der Waals surface area contributed by atoms with Gasteiger partial charge in [0.2, 0.25) is 0 Å². The molecule has 0 saturated carbocycles. The van der Waals surface area contributed by atoms with Crippen LogP contribution in [-0.4, -0.2) is 55.6 Å². The normalized spacial score (nSPS) is 27.2. The number of ether oxygens (including phenoxy) is 3. The van der Waals surface area contributed by atoms with Crippen molar-refractivity contribution in [1.82, 2.24) is 4.90 Å². The van der Waals surface area contributed by atoms with Crippen LogP contribution < -0.4 is 0 Å². The van der Waals surface area contributed by atoms with Gasteiger partial charge in [-0.3, -0.25) is 0 Å². The first-order chi connectivity index (χ1) is 8.94. The summed E-state index contributed by atoms with van der Waals surface area (Å²) >= 11 is 0. The Labute approximate surface area is 115 Å². The number of hydrogen-bond donors (Lipinski definition) is 0. The van der Waals surface area contributed by atoms with Gasteiger partial charge in [-0.05, 0) is 33.6 Å². The van der Waals surface area contributed by atoms with Gasteiger partial charge in [0.25, 0.3) is 0 Å². The van der Waals surface area contributed by atoms with E-state index >= 15 is 0 Å². The molecular formula is C14H25NO4. The van der Waals surface area contributed by atoms with Gasteiger partial charge in [-0.1, -0.05) is 0 Å². The summed E-state index contributed by atoms with van der Waals surface area (Å²) in [6.45, 7) is 9.43. The molecule has 0 spiro atoms. The number of carbonyl (C=O) groups excluding carboxylic acids is 1. The van der Waals surface area contributed by atoms with Gasteiger partial charge in [-0.2, -0.15) is 0 Å². The number of nitrogens with zero attached hydrogens (tertiary/aromatic N) is 1. The topological polar surface area (TPSA) is 51.3 Å². The minimum atomic E-state index is -0.427. The van der Waals surface area contributed by atoms with Crippen molar-refractivity contribution in [1.29, 1.82) is 0 Å². The number of rotatable bonds is 4. The first-order valence-corrected chi connectivity index (χ1v) is 7.11. The molecule has 5 nitrogen and oxygen atoms in total. The van der Waals surface area contributed by atoms with Gasteiger partial charge in [0, 0.05) is 19.0 Å². The monoisotopic (exact) mass is 271 g/mol. The van der Waals surface area contributed by atoms with E-state index in [0.717, 1.165) is 32.5 Å². The molecular weight excluding hydrogens is 246 g/mol. The Bertz CT molecular complexity index is 309. The summed E-state index contributed by atoms with van der Waals surface area (Å²) in [6.07, 6.45) is 2.24. The number of hydrogen-bond acceptors (Lipinski definition) is 4. The maximum absolute atomic E-state index is 12.0. The zero-order chi connectivity index (χ0) is 13.9. The fourth-order valence-electron chi connectivity index (χ4n) is 2.22. The smallest absolute Gasteiger partial charge is 0.410 e. The highest BCUT2D eigenvalue weighted by Gasteiger charge is 2.28. The molecule has 2 heterocycles. The SMILES string of the molecule is CC(C)(C)OC(=O)N1CCCC(COCC2CO2)C1. The molecule has 0 N–H and O–H groups in total. The maximum Gasteiger partial charge on any atom is 0.410 e. The number of epoxide rings is 1. The average molecular weight is 271 g/mol. The molecule has 0 bridgehead atoms. The van der Waals surface area contributed by atoms with Crippen LogP contribution in [0, 0.1) is 5.92 Å². The van der Waals surface area contributed by atoms with E-state index in [1.807, 2.05) is 20.8 Å². The van der Waals surface area contributed by atoms with Gasteiger partial charge in [-0.15, -0.1) is 0 Å². The Balaban J connectivity index is 1.70. The molecule has 2 aliphatic rings. The van der Waals surface area contributed by atoms with E-state index in [-0.39, 0.29) is 6.09 Å². The highest BCUT2D eigenvalue weighted by Crippen LogP contribution is 2.20. The third kappa shape index (κ3) is 5.37. The van der Waals surface area contributed by atoms with E-state index in [4.69, 9.17) is 14.2 Å². The first-order valence-electron chi connectivity index (χ1n) is 7.11. The van der Waals surface area contributed by atoms with Crippen molar-refractivity contribution in [2.45, 2.75) is 45.3 Å². The quantitative estimate of drug-likeness (QED) is 0.734. The van der Waals surface area contributed by atoms with Gasteiger partial charge in [0.15, 0.2) is 0 Å². The van der Waals surface area contributed by atoms with Crippen LogP contribution in [0.5, 0.6) is 0 Å². The van der Waals surface area contributed by atoms with Crippen molar-refractivity contribution < 1.29 is 19.0 Å². The summed E-state index contributed by atoms with van der Waals surface area (Å²) in [5.74, 6) is 0.417. The summed E-state index contributed by atoms with van der Waals surface area (Å²) < 4.78 is 16.1. The molecule has 2 rings (SSSR count). The van der Waals surface area contributed by atoms with Crippen molar-refractivity contribution in [2.24, 2.45) is 5.92 Å². The van der Waals surface area contributed by atoms with E-state index < -0.39 is 5.60 Å². The fourth-order valence-corrected chi connectivity index (χ4v) is 2.22. The zero-order valence-electron chi connectivity index (χ0n) is 12.2. The maximum atomic E-state index is 12.0. The second kappa shape index (κ2) is 6.09. The lowest BCUT2D eigenvalue weighted by atomic mass is 9.99. The molecule has 0 aromatic heterocycles. The van der Waals surface area contributed by atoms with E-state index in [9.17, 15) is 4.79 Å². The van der Waals surface area contributed by atoms with Crippen LogP contribution in [-0.2, 0) is 14.2 Å². The molecule has 0 radical (unpaired) electrons. The molecule has 110 valence electrons. The molecule has 0 aromatic carbocycles. The molecule has 2 unspecified atom stereocenters. The lowest BCUT2D eigenvalue weighted by Gasteiger charge is -2.34. The Morgan fingerprint density at radius 3 is 2.74 bits per heavy atom. The van der Waals surface area contributed by atoms with Crippen LogP contribution >= 0.6 is 0 Å². The highest BCUT2D eigenvalue weighted by atomic mass is 16.6. The van der Waals surface area contributed by atoms with E-state index in [1.54, 1.807) is 4.90 Å². The minimum absolute atomic E-state index is 0.206. The number of likely N-dealkylation sites (tertiary alicyclic amines) is 1. The molecule has 1 amide bonds. The van der Waals surface area contributed by atoms with Gasteiger partial charge in [0.1, 0.15) is 11.7 Å². The predicted octanol–water partition coefficient (Wildman–Crippen LogP) is 2.05. The van der Waals surface area contributed by atoms with Crippen molar-refractivity contribution in [3.63, 3.8) is 0 Å². The van der Waals surface area contributed by atoms with Crippen LogP contribution in [0.2, 0.25) is 0 Å². The van der Waals surface area contributed by atoms with Crippen LogP contribution in [0.15, 0.2) is 0 Å². The molecule has 2 saturated heterocycles. The van der Waals surface area contributed by atoms with Crippen molar-refractivity contribution in [2.75, 3.05) is 32.9 Å². The van der Waals surface area contributed by atoms with E-state index in [0.29, 0.717) is 25.2 Å². The summed E-state index contributed by atoms with van der Waals surface area (Å²) in [4.78, 5) is 13.8. The van der Waals surface area contributed by atoms with Crippen LogP contribution in [0.4, 0.5) is 4.79 Å². The standard InChI is InChI=1S/C14H25NO4/c1-14(2,3)19-13(16)15-6-4-5-11(7-15)8-17-9-12-10-18-12/h11-12H,4-10H2,1-3H3. The summed E-state index contributed by atoms with van der Waals surface area (Å²) in [6, 6.07) is 0. The van der Waals surface area contributed by atoms with Gasteiger partial charge < -0.3 is 19.1 Å². The van der Waals surface area contributed by atoms with Crippen molar-refractivity contribution >= 4 is 6.09 Å². The number of piperidine rings is 1. The van der Waals surface area contributed by atoms with Gasteiger partial charge in [0.05, 0.1) is 19.8 Å². The molecule has 2 aliphatic heterocycles. The third-order valence-electron chi connectivity index (χ3n) is 3.23. The molecule has 5 heteroatoms. The highest BCUT2D eigenvalue weighted by molar-refractivity contribution is 5.68. The van der Waals surface area contributed by atoms with E-state index in [1.165, 1.54) is 0 Å². The fraction of sp³-hybridized carbons (Fsp3) is 0.929. The van der Waals surface area contributed by atoms with Crippen LogP contribution in [0.3, 0.4) is 0 Å². The number of carbonyl (C=O) groups is 1. The second-order valence-corrected chi connectivity index (χ2v) is 6.43. The van der Waals surface area contributed by atoms with Crippen LogP contribution in [0.1, 0.15) is 33.6 Å². The Morgan fingerprint density at radius 1 is 1.37 bits per heavy atom. The zero-order valence-corrected chi connectivity index (χ0v) is 12.2. The van der Waals surface area contributed by atoms with Crippen molar-refractivity contribution in [3.8, 4) is 0 Å². The molecule has 2 fully saturated rings. The average Bonchev–Trinajstić information content (AvgIpc) is 3.11. The van der Waals surface area contributed by atoms with Crippen LogP contribution in [0.25, 0.3) is 0 Å². The van der Waals surface area contributed by atoms with Crippen molar-refractivity contribution in [3.05, 3.63) is 0 Å². The Hall–Kier alpha value is -0.810. The molecule has 0 aromatic rings. The molecule has 2 atom stereocenters. The summed E-state index contributed by atoms with van der Waals surface area (Å²) in [7, 11) is 0. The third-order valence-corrected chi connectivity index (χ3v) is 3.23. The Kier molecular flexibility index (Phi) is 4.68. The minimum Gasteiger partial charge on any atom is -0.444 e. The summed E-state index contributed by atoms with van der Waals surface area (Å²) in [5.41, 5.74) is -0.427. The Morgan fingerprint density at radius 2 is 2.11 bits per heavy atom. The lowest BCUT2D eigenvalue weighted by Crippen LogP contribution is -2.43. The predicted molar refractivity (Wildman–Crippen MR) is 71.1 cm³/mol. The molecule has 0 aliphatic carbocycles.